The SMILES string of the molecule is C=CCC(C)(C)NNC(=O)c1ccccc1. The van der Waals surface area contributed by atoms with E-state index >= 15 is 0 Å². The minimum absolute atomic E-state index is 0.127. The summed E-state index contributed by atoms with van der Waals surface area (Å²) in [4.78, 5) is 11.7. The summed E-state index contributed by atoms with van der Waals surface area (Å²) in [5.74, 6) is -0.127. The van der Waals surface area contributed by atoms with Crippen LogP contribution in [0.15, 0.2) is 43.0 Å². The number of benzene rings is 1. The first kappa shape index (κ1) is 12.5. The van der Waals surface area contributed by atoms with Crippen molar-refractivity contribution in [1.82, 2.24) is 10.9 Å². The number of hydrazine groups is 1. The van der Waals surface area contributed by atoms with Crippen molar-refractivity contribution in [2.24, 2.45) is 0 Å². The number of rotatable bonds is 5. The average Bonchev–Trinajstić information content (AvgIpc) is 2.27. The van der Waals surface area contributed by atoms with Crippen molar-refractivity contribution in [2.45, 2.75) is 25.8 Å². The summed E-state index contributed by atoms with van der Waals surface area (Å²) < 4.78 is 0. The van der Waals surface area contributed by atoms with Crippen molar-refractivity contribution in [3.8, 4) is 0 Å². The summed E-state index contributed by atoms with van der Waals surface area (Å²) in [6.07, 6.45) is 2.60. The third kappa shape index (κ3) is 3.87. The van der Waals surface area contributed by atoms with Crippen LogP contribution in [0.3, 0.4) is 0 Å². The first-order valence-electron chi connectivity index (χ1n) is 5.28. The van der Waals surface area contributed by atoms with Gasteiger partial charge in [-0.25, -0.2) is 5.43 Å². The number of carbonyl (C=O) groups excluding carboxylic acids is 1. The first-order valence-corrected chi connectivity index (χ1v) is 5.28. The van der Waals surface area contributed by atoms with Gasteiger partial charge in [-0.1, -0.05) is 24.3 Å². The molecule has 86 valence electrons. The molecule has 0 unspecified atom stereocenters. The van der Waals surface area contributed by atoms with E-state index in [1.807, 2.05) is 38.1 Å². The molecule has 1 aromatic carbocycles. The van der Waals surface area contributed by atoms with Gasteiger partial charge in [0, 0.05) is 11.1 Å². The summed E-state index contributed by atoms with van der Waals surface area (Å²) in [6.45, 7) is 7.68. The fraction of sp³-hybridized carbons (Fsp3) is 0.308. The highest BCUT2D eigenvalue weighted by Gasteiger charge is 2.16. The molecule has 0 spiro atoms. The zero-order valence-electron chi connectivity index (χ0n) is 9.79. The van der Waals surface area contributed by atoms with Crippen LogP contribution in [-0.4, -0.2) is 11.4 Å². The molecule has 0 heterocycles. The van der Waals surface area contributed by atoms with E-state index in [1.54, 1.807) is 12.1 Å². The molecule has 16 heavy (non-hydrogen) atoms. The Morgan fingerprint density at radius 2 is 2.00 bits per heavy atom. The molecule has 0 saturated heterocycles. The van der Waals surface area contributed by atoms with Crippen LogP contribution in [0.1, 0.15) is 30.6 Å². The van der Waals surface area contributed by atoms with E-state index in [0.29, 0.717) is 5.56 Å². The van der Waals surface area contributed by atoms with Crippen LogP contribution in [-0.2, 0) is 0 Å². The molecule has 0 bridgehead atoms. The lowest BCUT2D eigenvalue weighted by molar-refractivity contribution is 0.0911. The Labute approximate surface area is 96.5 Å². The van der Waals surface area contributed by atoms with Crippen LogP contribution in [0, 0.1) is 0 Å². The first-order chi connectivity index (χ1) is 7.55. The average molecular weight is 218 g/mol. The van der Waals surface area contributed by atoms with Gasteiger partial charge in [0.05, 0.1) is 0 Å². The van der Waals surface area contributed by atoms with Crippen LogP contribution in [0.25, 0.3) is 0 Å². The van der Waals surface area contributed by atoms with E-state index < -0.39 is 0 Å². The Balaban J connectivity index is 2.50. The standard InChI is InChI=1S/C13H18N2O/c1-4-10-13(2,3)15-14-12(16)11-8-6-5-7-9-11/h4-9,15H,1,10H2,2-3H3,(H,14,16). The lowest BCUT2D eigenvalue weighted by Crippen LogP contribution is -2.50. The van der Waals surface area contributed by atoms with Crippen molar-refractivity contribution >= 4 is 5.91 Å². The topological polar surface area (TPSA) is 41.1 Å². The second-order valence-electron chi connectivity index (χ2n) is 4.32. The fourth-order valence-electron chi connectivity index (χ4n) is 1.30. The van der Waals surface area contributed by atoms with Crippen molar-refractivity contribution in [3.63, 3.8) is 0 Å². The smallest absolute Gasteiger partial charge is 0.265 e. The highest BCUT2D eigenvalue weighted by Crippen LogP contribution is 2.07. The maximum atomic E-state index is 11.7. The van der Waals surface area contributed by atoms with Crippen LogP contribution in [0.4, 0.5) is 0 Å². The molecule has 0 saturated carbocycles. The van der Waals surface area contributed by atoms with Gasteiger partial charge in [-0.3, -0.25) is 10.2 Å². The molecule has 1 rings (SSSR count). The van der Waals surface area contributed by atoms with E-state index in [0.717, 1.165) is 6.42 Å². The predicted octanol–water partition coefficient (Wildman–Crippen LogP) is 2.28. The van der Waals surface area contributed by atoms with Crippen molar-refractivity contribution < 1.29 is 4.79 Å². The maximum Gasteiger partial charge on any atom is 0.265 e. The molecule has 0 atom stereocenters. The van der Waals surface area contributed by atoms with E-state index in [-0.39, 0.29) is 11.4 Å². The molecule has 2 N–H and O–H groups in total. The number of hydrogen-bond acceptors (Lipinski definition) is 2. The summed E-state index contributed by atoms with van der Waals surface area (Å²) >= 11 is 0. The van der Waals surface area contributed by atoms with Gasteiger partial charge in [0.25, 0.3) is 5.91 Å². The van der Waals surface area contributed by atoms with Gasteiger partial charge in [-0.15, -0.1) is 6.58 Å². The Bertz CT molecular complexity index is 357. The monoisotopic (exact) mass is 218 g/mol. The molecule has 0 aromatic heterocycles. The molecule has 3 heteroatoms. The number of nitrogens with one attached hydrogen (secondary N) is 2. The molecule has 0 fully saturated rings. The molecular formula is C13H18N2O. The quantitative estimate of drug-likeness (QED) is 0.588. The van der Waals surface area contributed by atoms with E-state index in [2.05, 4.69) is 17.4 Å². The number of carbonyl (C=O) groups is 1. The second-order valence-corrected chi connectivity index (χ2v) is 4.32. The van der Waals surface area contributed by atoms with Gasteiger partial charge in [0.1, 0.15) is 0 Å². The minimum Gasteiger partial charge on any atom is -0.287 e. The van der Waals surface area contributed by atoms with E-state index in [4.69, 9.17) is 0 Å². The zero-order chi connectivity index (χ0) is 12.0. The minimum atomic E-state index is -0.188. The molecule has 0 aliphatic rings. The van der Waals surface area contributed by atoms with Gasteiger partial charge in [0.15, 0.2) is 0 Å². The van der Waals surface area contributed by atoms with Crippen molar-refractivity contribution in [3.05, 3.63) is 48.6 Å². The molecule has 0 aliphatic heterocycles. The zero-order valence-corrected chi connectivity index (χ0v) is 9.79. The fourth-order valence-corrected chi connectivity index (χ4v) is 1.30. The lowest BCUT2D eigenvalue weighted by Gasteiger charge is -2.24. The Morgan fingerprint density at radius 3 is 2.56 bits per heavy atom. The maximum absolute atomic E-state index is 11.7. The number of hydrogen-bond donors (Lipinski definition) is 2. The third-order valence-electron chi connectivity index (χ3n) is 2.21. The summed E-state index contributed by atoms with van der Waals surface area (Å²) in [5.41, 5.74) is 6.13. The lowest BCUT2D eigenvalue weighted by atomic mass is 10.0. The summed E-state index contributed by atoms with van der Waals surface area (Å²) in [5, 5.41) is 0. The highest BCUT2D eigenvalue weighted by molar-refractivity contribution is 5.93. The van der Waals surface area contributed by atoms with Crippen LogP contribution < -0.4 is 10.9 Å². The molecule has 0 aliphatic carbocycles. The van der Waals surface area contributed by atoms with E-state index in [1.165, 1.54) is 0 Å². The molecule has 1 aromatic rings. The van der Waals surface area contributed by atoms with Crippen LogP contribution >= 0.6 is 0 Å². The molecule has 3 nitrogen and oxygen atoms in total. The predicted molar refractivity (Wildman–Crippen MR) is 65.9 cm³/mol. The largest absolute Gasteiger partial charge is 0.287 e. The Kier molecular flexibility index (Phi) is 4.26. The number of amides is 1. The highest BCUT2D eigenvalue weighted by atomic mass is 16.2. The molecule has 0 radical (unpaired) electrons. The Hall–Kier alpha value is -1.61. The molecule has 1 amide bonds. The van der Waals surface area contributed by atoms with Gasteiger partial charge in [-0.05, 0) is 32.4 Å². The normalized spacial score (nSPS) is 10.9. The van der Waals surface area contributed by atoms with Crippen LogP contribution in [0.2, 0.25) is 0 Å². The van der Waals surface area contributed by atoms with Gasteiger partial charge in [0.2, 0.25) is 0 Å². The van der Waals surface area contributed by atoms with Crippen molar-refractivity contribution in [1.29, 1.82) is 0 Å². The summed E-state index contributed by atoms with van der Waals surface area (Å²) in [7, 11) is 0. The van der Waals surface area contributed by atoms with Gasteiger partial charge >= 0.3 is 0 Å². The van der Waals surface area contributed by atoms with Gasteiger partial charge in [-0.2, -0.15) is 0 Å². The molecular weight excluding hydrogens is 200 g/mol. The summed E-state index contributed by atoms with van der Waals surface area (Å²) in [6, 6.07) is 9.11. The van der Waals surface area contributed by atoms with Crippen LogP contribution in [0.5, 0.6) is 0 Å². The van der Waals surface area contributed by atoms with Crippen molar-refractivity contribution in [2.75, 3.05) is 0 Å². The van der Waals surface area contributed by atoms with Gasteiger partial charge < -0.3 is 0 Å². The second kappa shape index (κ2) is 5.47. The van der Waals surface area contributed by atoms with E-state index in [9.17, 15) is 4.79 Å². The third-order valence-corrected chi connectivity index (χ3v) is 2.21. The Morgan fingerprint density at radius 1 is 1.38 bits per heavy atom.